The fourth-order valence-corrected chi connectivity index (χ4v) is 3.97. The quantitative estimate of drug-likeness (QED) is 0.507. The molecule has 6 nitrogen and oxygen atoms in total. The highest BCUT2D eigenvalue weighted by Gasteiger charge is 2.24. The number of thioether (sulfide) groups is 1. The fraction of sp³-hybridized carbons (Fsp3) is 0.381. The number of furan rings is 1. The molecule has 1 aromatic carbocycles. The number of amides is 1. The first-order chi connectivity index (χ1) is 13.8. The predicted octanol–water partition coefficient (Wildman–Crippen LogP) is 4.47. The van der Waals surface area contributed by atoms with E-state index in [0.29, 0.717) is 35.7 Å². The van der Waals surface area contributed by atoms with Crippen molar-refractivity contribution in [3.63, 3.8) is 0 Å². The molecular formula is C21H25FN4O2S. The van der Waals surface area contributed by atoms with Crippen LogP contribution in [0.1, 0.15) is 26.3 Å². The Bertz CT molecular complexity index is 956. The Balaban J connectivity index is 1.73. The Morgan fingerprint density at radius 2 is 2.03 bits per heavy atom. The molecule has 8 heteroatoms. The number of carbonyl (C=O) groups is 1. The third-order valence-electron chi connectivity index (χ3n) is 4.32. The van der Waals surface area contributed by atoms with Crippen molar-refractivity contribution >= 4 is 17.7 Å². The zero-order chi connectivity index (χ0) is 21.0. The Morgan fingerprint density at radius 1 is 1.24 bits per heavy atom. The lowest BCUT2D eigenvalue weighted by atomic mass is 10.2. The van der Waals surface area contributed by atoms with Gasteiger partial charge in [-0.15, -0.1) is 10.2 Å². The molecule has 0 aliphatic carbocycles. The molecule has 2 heterocycles. The summed E-state index contributed by atoms with van der Waals surface area (Å²) in [5.41, 5.74) is 0.751. The molecule has 1 amide bonds. The number of nitrogens with zero attached hydrogens (tertiary/aromatic N) is 4. The molecule has 0 aliphatic heterocycles. The minimum atomic E-state index is -0.367. The highest BCUT2D eigenvalue weighted by molar-refractivity contribution is 8.00. The van der Waals surface area contributed by atoms with Crippen LogP contribution in [0.25, 0.3) is 11.6 Å². The molecule has 29 heavy (non-hydrogen) atoms. The average molecular weight is 417 g/mol. The van der Waals surface area contributed by atoms with Crippen molar-refractivity contribution in [2.45, 2.75) is 44.3 Å². The summed E-state index contributed by atoms with van der Waals surface area (Å²) in [4.78, 5) is 14.4. The highest BCUT2D eigenvalue weighted by atomic mass is 32.2. The Labute approximate surface area is 174 Å². The molecule has 2 aromatic heterocycles. The molecule has 0 aliphatic rings. The lowest BCUT2D eigenvalue weighted by Crippen LogP contribution is -2.33. The smallest absolute Gasteiger partial charge is 0.235 e. The van der Waals surface area contributed by atoms with Gasteiger partial charge in [-0.1, -0.05) is 37.7 Å². The summed E-state index contributed by atoms with van der Waals surface area (Å²) in [7, 11) is 1.72. The normalized spacial score (nSPS) is 12.3. The number of hydrogen-bond donors (Lipinski definition) is 0. The van der Waals surface area contributed by atoms with Crippen molar-refractivity contribution in [1.29, 1.82) is 0 Å². The van der Waals surface area contributed by atoms with E-state index in [-0.39, 0.29) is 17.0 Å². The van der Waals surface area contributed by atoms with Gasteiger partial charge in [-0.25, -0.2) is 4.39 Å². The Kier molecular flexibility index (Phi) is 6.74. The average Bonchev–Trinajstić information content (AvgIpc) is 3.31. The van der Waals surface area contributed by atoms with Crippen molar-refractivity contribution in [3.8, 4) is 11.6 Å². The van der Waals surface area contributed by atoms with Crippen LogP contribution in [0.4, 0.5) is 4.39 Å². The number of halogens is 1. The van der Waals surface area contributed by atoms with Gasteiger partial charge in [0.05, 0.1) is 11.5 Å². The van der Waals surface area contributed by atoms with Gasteiger partial charge >= 0.3 is 0 Å². The van der Waals surface area contributed by atoms with Gasteiger partial charge in [-0.05, 0) is 42.7 Å². The van der Waals surface area contributed by atoms with Gasteiger partial charge in [0.1, 0.15) is 5.82 Å². The zero-order valence-corrected chi connectivity index (χ0v) is 17.8. The van der Waals surface area contributed by atoms with E-state index in [1.54, 1.807) is 30.3 Å². The Hall–Kier alpha value is -2.61. The second kappa shape index (κ2) is 9.26. The SMILES string of the molecule is CC(C)Cn1c(SC(C)C(=O)N(C)Cc2cccc(F)c2)nnc1-c1ccco1. The third kappa shape index (κ3) is 5.26. The minimum Gasteiger partial charge on any atom is -0.461 e. The molecule has 0 N–H and O–H groups in total. The molecule has 0 bridgehead atoms. The lowest BCUT2D eigenvalue weighted by molar-refractivity contribution is -0.129. The first-order valence-corrected chi connectivity index (χ1v) is 10.4. The Morgan fingerprint density at radius 3 is 2.69 bits per heavy atom. The number of carbonyl (C=O) groups excluding carboxylic acids is 1. The van der Waals surface area contributed by atoms with Crippen molar-refractivity contribution in [2.24, 2.45) is 5.92 Å². The van der Waals surface area contributed by atoms with E-state index >= 15 is 0 Å². The maximum atomic E-state index is 13.4. The lowest BCUT2D eigenvalue weighted by Gasteiger charge is -2.21. The summed E-state index contributed by atoms with van der Waals surface area (Å²) >= 11 is 1.36. The van der Waals surface area contributed by atoms with Crippen LogP contribution >= 0.6 is 11.8 Å². The summed E-state index contributed by atoms with van der Waals surface area (Å²) in [5, 5.41) is 8.88. The topological polar surface area (TPSA) is 64.2 Å². The summed E-state index contributed by atoms with van der Waals surface area (Å²) < 4.78 is 20.9. The number of hydrogen-bond acceptors (Lipinski definition) is 5. The largest absolute Gasteiger partial charge is 0.461 e. The van der Waals surface area contributed by atoms with Crippen molar-refractivity contribution in [1.82, 2.24) is 19.7 Å². The summed E-state index contributed by atoms with van der Waals surface area (Å²) in [6, 6.07) is 9.93. The number of rotatable bonds is 8. The van der Waals surface area contributed by atoms with Crippen LogP contribution < -0.4 is 0 Å². The third-order valence-corrected chi connectivity index (χ3v) is 5.39. The molecule has 0 saturated carbocycles. The van der Waals surface area contributed by atoms with Crippen LogP contribution in [0.15, 0.2) is 52.2 Å². The van der Waals surface area contributed by atoms with Gasteiger partial charge in [0.15, 0.2) is 16.7 Å². The monoisotopic (exact) mass is 416 g/mol. The van der Waals surface area contributed by atoms with Crippen molar-refractivity contribution in [3.05, 3.63) is 54.0 Å². The fourth-order valence-electron chi connectivity index (χ4n) is 3.00. The predicted molar refractivity (Wildman–Crippen MR) is 111 cm³/mol. The van der Waals surface area contributed by atoms with Crippen LogP contribution in [-0.2, 0) is 17.9 Å². The van der Waals surface area contributed by atoms with E-state index in [1.165, 1.54) is 23.9 Å². The van der Waals surface area contributed by atoms with Crippen LogP contribution in [0.2, 0.25) is 0 Å². The van der Waals surface area contributed by atoms with E-state index in [1.807, 2.05) is 23.6 Å². The molecule has 3 aromatic rings. The summed E-state index contributed by atoms with van der Waals surface area (Å²) in [6.07, 6.45) is 1.60. The van der Waals surface area contributed by atoms with Gasteiger partial charge in [0.2, 0.25) is 5.91 Å². The highest BCUT2D eigenvalue weighted by Crippen LogP contribution is 2.28. The van der Waals surface area contributed by atoms with Crippen LogP contribution in [0, 0.1) is 11.7 Å². The zero-order valence-electron chi connectivity index (χ0n) is 17.0. The minimum absolute atomic E-state index is 0.0575. The molecule has 154 valence electrons. The van der Waals surface area contributed by atoms with Gasteiger partial charge in [0.25, 0.3) is 0 Å². The molecule has 0 spiro atoms. The summed E-state index contributed by atoms with van der Waals surface area (Å²) in [6.45, 7) is 7.13. The van der Waals surface area contributed by atoms with Gasteiger partial charge in [0, 0.05) is 20.1 Å². The van der Waals surface area contributed by atoms with E-state index in [9.17, 15) is 9.18 Å². The second-order valence-corrected chi connectivity index (χ2v) is 8.68. The molecule has 0 saturated heterocycles. The van der Waals surface area contributed by atoms with Gasteiger partial charge in [-0.3, -0.25) is 9.36 Å². The van der Waals surface area contributed by atoms with E-state index in [4.69, 9.17) is 4.42 Å². The van der Waals surface area contributed by atoms with Crippen LogP contribution in [0.5, 0.6) is 0 Å². The van der Waals surface area contributed by atoms with Crippen molar-refractivity contribution < 1.29 is 13.6 Å². The first-order valence-electron chi connectivity index (χ1n) is 9.48. The molecule has 0 fully saturated rings. The van der Waals surface area contributed by atoms with Crippen LogP contribution in [-0.4, -0.2) is 37.9 Å². The van der Waals surface area contributed by atoms with Gasteiger partial charge < -0.3 is 9.32 Å². The van der Waals surface area contributed by atoms with E-state index in [2.05, 4.69) is 24.0 Å². The molecule has 1 unspecified atom stereocenters. The maximum Gasteiger partial charge on any atom is 0.235 e. The standard InChI is InChI=1S/C21H25FN4O2S/c1-14(2)12-26-19(18-9-6-10-28-18)23-24-21(26)29-15(3)20(27)25(4)13-16-7-5-8-17(22)11-16/h5-11,14-15H,12-13H2,1-4H3. The molecule has 1 atom stereocenters. The molecule has 3 rings (SSSR count). The molecule has 0 radical (unpaired) electrons. The maximum absolute atomic E-state index is 13.4. The number of aromatic nitrogens is 3. The van der Waals surface area contributed by atoms with E-state index in [0.717, 1.165) is 5.56 Å². The second-order valence-electron chi connectivity index (χ2n) is 7.37. The van der Waals surface area contributed by atoms with Gasteiger partial charge in [-0.2, -0.15) is 0 Å². The molecular weight excluding hydrogens is 391 g/mol. The summed E-state index contributed by atoms with van der Waals surface area (Å²) in [5.74, 6) is 1.31. The first kappa shape index (κ1) is 21.1. The van der Waals surface area contributed by atoms with Crippen molar-refractivity contribution in [2.75, 3.05) is 7.05 Å². The van der Waals surface area contributed by atoms with E-state index < -0.39 is 0 Å². The van der Waals surface area contributed by atoms with Crippen LogP contribution in [0.3, 0.4) is 0 Å². The number of benzene rings is 1.